The van der Waals surface area contributed by atoms with Gasteiger partial charge >= 0.3 is 0 Å². The molecular weight excluding hydrogens is 104 g/mol. The van der Waals surface area contributed by atoms with E-state index in [1.54, 1.807) is 6.61 Å². The molecule has 2 aliphatic rings. The van der Waals surface area contributed by atoms with Crippen LogP contribution in [0.25, 0.3) is 0 Å². The zero-order chi connectivity index (χ0) is 5.40. The Morgan fingerprint density at radius 2 is 2.50 bits per heavy atom. The van der Waals surface area contributed by atoms with Crippen LogP contribution in [0.15, 0.2) is 0 Å². The highest BCUT2D eigenvalue weighted by molar-refractivity contribution is 4.94. The summed E-state index contributed by atoms with van der Waals surface area (Å²) in [5, 5.41) is 0. The van der Waals surface area contributed by atoms with E-state index in [9.17, 15) is 0 Å². The summed E-state index contributed by atoms with van der Waals surface area (Å²) in [4.78, 5) is 0. The minimum atomic E-state index is 0.314. The molecule has 2 unspecified atom stereocenters. The predicted molar refractivity (Wildman–Crippen MR) is 27.6 cm³/mol. The second-order valence-electron chi connectivity index (χ2n) is 2.16. The molecule has 0 aromatic heterocycles. The summed E-state index contributed by atoms with van der Waals surface area (Å²) in [6, 6.07) is 0. The van der Waals surface area contributed by atoms with Crippen LogP contribution in [-0.2, 0) is 9.47 Å². The van der Waals surface area contributed by atoms with Crippen LogP contribution in [0.1, 0.15) is 12.8 Å². The van der Waals surface area contributed by atoms with Crippen molar-refractivity contribution in [2.24, 2.45) is 0 Å². The van der Waals surface area contributed by atoms with Crippen molar-refractivity contribution < 1.29 is 9.47 Å². The molecule has 8 heavy (non-hydrogen) atoms. The molecule has 0 spiro atoms. The van der Waals surface area contributed by atoms with Crippen LogP contribution in [0.3, 0.4) is 0 Å². The molecule has 2 nitrogen and oxygen atoms in total. The lowest BCUT2D eigenvalue weighted by Gasteiger charge is -1.93. The highest BCUT2D eigenvalue weighted by atomic mass is 16.6. The quantitative estimate of drug-likeness (QED) is 0.434. The fourth-order valence-corrected chi connectivity index (χ4v) is 0.942. The number of epoxide rings is 1. The van der Waals surface area contributed by atoms with Gasteiger partial charge in [-0.3, -0.25) is 0 Å². The van der Waals surface area contributed by atoms with Crippen molar-refractivity contribution in [3.63, 3.8) is 0 Å². The van der Waals surface area contributed by atoms with E-state index in [2.05, 4.69) is 0 Å². The summed E-state index contributed by atoms with van der Waals surface area (Å²) < 4.78 is 10.1. The monoisotopic (exact) mass is 112 g/mol. The molecule has 0 amide bonds. The summed E-state index contributed by atoms with van der Waals surface area (Å²) in [7, 11) is 0. The van der Waals surface area contributed by atoms with Gasteiger partial charge in [-0.25, -0.2) is 0 Å². The lowest BCUT2D eigenvalue weighted by molar-refractivity contribution is 0.219. The molecule has 0 aromatic carbocycles. The van der Waals surface area contributed by atoms with Gasteiger partial charge in [-0.1, -0.05) is 0 Å². The molecule has 2 saturated heterocycles. The Morgan fingerprint density at radius 1 is 1.50 bits per heavy atom. The van der Waals surface area contributed by atoms with Crippen molar-refractivity contribution in [2.45, 2.75) is 25.0 Å². The molecule has 2 radical (unpaired) electrons. The first-order valence-electron chi connectivity index (χ1n) is 2.93. The van der Waals surface area contributed by atoms with Gasteiger partial charge in [-0.15, -0.1) is 0 Å². The molecule has 2 fully saturated rings. The number of hydrogen-bond donors (Lipinski definition) is 0. The van der Waals surface area contributed by atoms with Crippen molar-refractivity contribution in [1.29, 1.82) is 0 Å². The number of hydrogen-bond acceptors (Lipinski definition) is 2. The van der Waals surface area contributed by atoms with Gasteiger partial charge in [0.15, 0.2) is 0 Å². The lowest BCUT2D eigenvalue weighted by Crippen LogP contribution is -1.89. The van der Waals surface area contributed by atoms with Crippen LogP contribution in [0, 0.1) is 13.2 Å². The number of rotatable bonds is 0. The van der Waals surface area contributed by atoms with Crippen molar-refractivity contribution in [3.05, 3.63) is 13.2 Å². The van der Waals surface area contributed by atoms with E-state index >= 15 is 0 Å². The first kappa shape index (κ1) is 4.77. The Kier molecular flexibility index (Phi) is 1.02. The average Bonchev–Trinajstić information content (AvgIpc) is 2.36. The van der Waals surface area contributed by atoms with Gasteiger partial charge < -0.3 is 9.47 Å². The molecule has 0 saturated carbocycles. The summed E-state index contributed by atoms with van der Waals surface area (Å²) in [6.45, 7) is 3.59. The van der Waals surface area contributed by atoms with E-state index in [0.717, 1.165) is 12.8 Å². The van der Waals surface area contributed by atoms with Gasteiger partial charge in [-0.05, 0) is 12.8 Å². The average molecular weight is 112 g/mol. The van der Waals surface area contributed by atoms with E-state index in [1.165, 1.54) is 0 Å². The summed E-state index contributed by atoms with van der Waals surface area (Å²) >= 11 is 0. The highest BCUT2D eigenvalue weighted by Crippen LogP contribution is 2.32. The molecule has 0 N–H and O–H groups in total. The van der Waals surface area contributed by atoms with Crippen molar-refractivity contribution in [2.75, 3.05) is 0 Å². The van der Waals surface area contributed by atoms with Gasteiger partial charge in [-0.2, -0.15) is 0 Å². The van der Waals surface area contributed by atoms with Gasteiger partial charge in [0.1, 0.15) is 12.7 Å². The largest absolute Gasteiger partial charge is 0.367 e. The first-order chi connectivity index (χ1) is 3.97. The van der Waals surface area contributed by atoms with E-state index in [1.807, 2.05) is 6.61 Å². The van der Waals surface area contributed by atoms with Crippen LogP contribution in [0.5, 0.6) is 0 Å². The van der Waals surface area contributed by atoms with E-state index in [0.29, 0.717) is 12.2 Å². The summed E-state index contributed by atoms with van der Waals surface area (Å²) in [5.41, 5.74) is 0. The van der Waals surface area contributed by atoms with Crippen LogP contribution >= 0.6 is 0 Å². The van der Waals surface area contributed by atoms with Crippen LogP contribution in [0.4, 0.5) is 0 Å². The van der Waals surface area contributed by atoms with Crippen molar-refractivity contribution in [3.8, 4) is 0 Å². The van der Waals surface area contributed by atoms with E-state index in [4.69, 9.17) is 9.47 Å². The molecule has 2 rings (SSSR count). The molecule has 44 valence electrons. The van der Waals surface area contributed by atoms with E-state index < -0.39 is 0 Å². The molecule has 2 heteroatoms. The molecule has 0 aliphatic carbocycles. The molecule has 2 aliphatic heterocycles. The normalized spacial score (nSPS) is 45.0. The van der Waals surface area contributed by atoms with Crippen LogP contribution in [0.2, 0.25) is 0 Å². The topological polar surface area (TPSA) is 21.8 Å². The smallest absolute Gasteiger partial charge is 0.115 e. The summed E-state index contributed by atoms with van der Waals surface area (Å²) in [5.74, 6) is 0. The lowest BCUT2D eigenvalue weighted by atomic mass is 10.2. The van der Waals surface area contributed by atoms with Gasteiger partial charge in [0, 0.05) is 0 Å². The third-order valence-corrected chi connectivity index (χ3v) is 1.50. The molecule has 0 bridgehead atoms. The Hall–Kier alpha value is -0.0800. The number of ether oxygens (including phenoxy) is 2. The van der Waals surface area contributed by atoms with Gasteiger partial charge in [0.25, 0.3) is 0 Å². The van der Waals surface area contributed by atoms with E-state index in [-0.39, 0.29) is 0 Å². The second-order valence-corrected chi connectivity index (χ2v) is 2.16. The Morgan fingerprint density at radius 3 is 3.50 bits per heavy atom. The Bertz CT molecular complexity index is 82.5. The summed E-state index contributed by atoms with van der Waals surface area (Å²) in [6.07, 6.45) is 2.95. The maximum atomic E-state index is 5.16. The number of fused-ring (bicyclic) bond motifs is 1. The third-order valence-electron chi connectivity index (χ3n) is 1.50. The van der Waals surface area contributed by atoms with Gasteiger partial charge in [0.2, 0.25) is 0 Å². The molecular formula is C6H8O2. The fraction of sp³-hybridized carbons (Fsp3) is 0.667. The van der Waals surface area contributed by atoms with Crippen LogP contribution in [-0.4, -0.2) is 12.2 Å². The zero-order valence-corrected chi connectivity index (χ0v) is 4.54. The SMILES string of the molecule is [CH]1CCC2OC2[CH]O1. The molecule has 2 heterocycles. The zero-order valence-electron chi connectivity index (χ0n) is 4.54. The van der Waals surface area contributed by atoms with Crippen molar-refractivity contribution >= 4 is 0 Å². The Balaban J connectivity index is 1.89. The van der Waals surface area contributed by atoms with Crippen molar-refractivity contribution in [1.82, 2.24) is 0 Å². The standard InChI is InChI=1S/C6H8O2/c1-2-5-6(8-5)4-7-3-1/h3-6H,1-2H2. The second kappa shape index (κ2) is 1.71. The Labute approximate surface area is 48.8 Å². The minimum Gasteiger partial charge on any atom is -0.367 e. The minimum absolute atomic E-state index is 0.314. The predicted octanol–water partition coefficient (Wildman–Crippen LogP) is 0.888. The maximum absolute atomic E-state index is 5.16. The molecule has 2 atom stereocenters. The fourth-order valence-electron chi connectivity index (χ4n) is 0.942. The highest BCUT2D eigenvalue weighted by Gasteiger charge is 2.40. The third kappa shape index (κ3) is 0.740. The first-order valence-corrected chi connectivity index (χ1v) is 2.93. The maximum Gasteiger partial charge on any atom is 0.115 e. The molecule has 0 aromatic rings. The van der Waals surface area contributed by atoms with Crippen LogP contribution < -0.4 is 0 Å². The van der Waals surface area contributed by atoms with Gasteiger partial charge in [0.05, 0.1) is 12.7 Å².